The van der Waals surface area contributed by atoms with Crippen LogP contribution in [-0.4, -0.2) is 19.2 Å². The lowest BCUT2D eigenvalue weighted by Crippen LogP contribution is -2.10. The van der Waals surface area contributed by atoms with Crippen LogP contribution in [0, 0.1) is 6.92 Å². The number of aryl methyl sites for hydroxylation is 1. The Morgan fingerprint density at radius 2 is 2.14 bits per heavy atom. The van der Waals surface area contributed by atoms with Gasteiger partial charge in [0.1, 0.15) is 0 Å². The number of nitrogen functional groups attached to an aromatic ring is 1. The van der Waals surface area contributed by atoms with E-state index in [0.717, 1.165) is 0 Å². The van der Waals surface area contributed by atoms with Gasteiger partial charge in [-0.1, -0.05) is 6.92 Å². The number of anilines is 1. The molecule has 78 valence electrons. The SMILES string of the molecule is CCCS(=O)(=O)c1ncc(N)cc1C. The third-order valence-corrected chi connectivity index (χ3v) is 3.78. The lowest BCUT2D eigenvalue weighted by Gasteiger charge is -2.05. The van der Waals surface area contributed by atoms with Crippen molar-refractivity contribution >= 4 is 15.5 Å². The molecule has 0 saturated carbocycles. The summed E-state index contributed by atoms with van der Waals surface area (Å²) in [6.07, 6.45) is 1.96. The molecule has 1 aromatic heterocycles. The fraction of sp³-hybridized carbons (Fsp3) is 0.444. The highest BCUT2D eigenvalue weighted by Crippen LogP contribution is 2.16. The maximum Gasteiger partial charge on any atom is 0.195 e. The first-order chi connectivity index (χ1) is 6.47. The predicted molar refractivity (Wildman–Crippen MR) is 55.7 cm³/mol. The Morgan fingerprint density at radius 1 is 1.50 bits per heavy atom. The van der Waals surface area contributed by atoms with Gasteiger partial charge in [0.25, 0.3) is 0 Å². The number of hydrogen-bond donors (Lipinski definition) is 1. The monoisotopic (exact) mass is 214 g/mol. The number of nitrogens with zero attached hydrogens (tertiary/aromatic N) is 1. The van der Waals surface area contributed by atoms with Crippen molar-refractivity contribution in [1.82, 2.24) is 4.98 Å². The van der Waals surface area contributed by atoms with Gasteiger partial charge in [-0.3, -0.25) is 0 Å². The van der Waals surface area contributed by atoms with Crippen LogP contribution in [0.4, 0.5) is 5.69 Å². The van der Waals surface area contributed by atoms with E-state index in [-0.39, 0.29) is 10.8 Å². The van der Waals surface area contributed by atoms with Crippen molar-refractivity contribution < 1.29 is 8.42 Å². The summed E-state index contributed by atoms with van der Waals surface area (Å²) < 4.78 is 23.3. The van der Waals surface area contributed by atoms with Crippen molar-refractivity contribution in [2.24, 2.45) is 0 Å². The van der Waals surface area contributed by atoms with Gasteiger partial charge in [-0.15, -0.1) is 0 Å². The van der Waals surface area contributed by atoms with E-state index in [2.05, 4.69) is 4.98 Å². The molecule has 2 N–H and O–H groups in total. The molecule has 4 nitrogen and oxygen atoms in total. The third kappa shape index (κ3) is 2.23. The first kappa shape index (κ1) is 11.0. The lowest BCUT2D eigenvalue weighted by atomic mass is 10.3. The minimum absolute atomic E-state index is 0.130. The van der Waals surface area contributed by atoms with E-state index in [1.807, 2.05) is 6.92 Å². The van der Waals surface area contributed by atoms with Crippen molar-refractivity contribution in [1.29, 1.82) is 0 Å². The minimum atomic E-state index is -3.22. The summed E-state index contributed by atoms with van der Waals surface area (Å²) in [4.78, 5) is 3.86. The second-order valence-corrected chi connectivity index (χ2v) is 5.23. The van der Waals surface area contributed by atoms with E-state index in [4.69, 9.17) is 5.73 Å². The van der Waals surface area contributed by atoms with Crippen molar-refractivity contribution in [3.05, 3.63) is 17.8 Å². The van der Waals surface area contributed by atoms with Gasteiger partial charge in [-0.2, -0.15) is 0 Å². The Kier molecular flexibility index (Phi) is 3.10. The van der Waals surface area contributed by atoms with Gasteiger partial charge in [-0.05, 0) is 25.0 Å². The van der Waals surface area contributed by atoms with Gasteiger partial charge in [-0.25, -0.2) is 13.4 Å². The highest BCUT2D eigenvalue weighted by Gasteiger charge is 2.17. The first-order valence-electron chi connectivity index (χ1n) is 4.42. The Morgan fingerprint density at radius 3 is 2.64 bits per heavy atom. The van der Waals surface area contributed by atoms with Crippen molar-refractivity contribution in [3.63, 3.8) is 0 Å². The van der Waals surface area contributed by atoms with Gasteiger partial charge in [0, 0.05) is 0 Å². The summed E-state index contributed by atoms with van der Waals surface area (Å²) in [5, 5.41) is 0.147. The summed E-state index contributed by atoms with van der Waals surface area (Å²) in [6.45, 7) is 3.52. The molecule has 0 bridgehead atoms. The third-order valence-electron chi connectivity index (χ3n) is 1.82. The fourth-order valence-electron chi connectivity index (χ4n) is 1.27. The average molecular weight is 214 g/mol. The van der Waals surface area contributed by atoms with Gasteiger partial charge in [0.2, 0.25) is 0 Å². The van der Waals surface area contributed by atoms with Crippen LogP contribution in [0.25, 0.3) is 0 Å². The predicted octanol–water partition coefficient (Wildman–Crippen LogP) is 1.16. The molecule has 0 saturated heterocycles. The minimum Gasteiger partial charge on any atom is -0.397 e. The molecule has 1 heterocycles. The summed E-state index contributed by atoms with van der Waals surface area (Å²) >= 11 is 0. The molecule has 1 aromatic rings. The highest BCUT2D eigenvalue weighted by molar-refractivity contribution is 7.91. The molecule has 0 aliphatic carbocycles. The van der Waals surface area contributed by atoms with Crippen LogP contribution in [0.5, 0.6) is 0 Å². The number of sulfone groups is 1. The highest BCUT2D eigenvalue weighted by atomic mass is 32.2. The Bertz CT molecular complexity index is 426. The van der Waals surface area contributed by atoms with Crippen LogP contribution < -0.4 is 5.73 Å². The zero-order chi connectivity index (χ0) is 10.8. The molecule has 0 aliphatic rings. The number of pyridine rings is 1. The normalized spacial score (nSPS) is 11.6. The maximum atomic E-state index is 11.7. The molecule has 0 spiro atoms. The van der Waals surface area contributed by atoms with Gasteiger partial charge < -0.3 is 5.73 Å². The Balaban J connectivity index is 3.20. The standard InChI is InChI=1S/C9H14N2O2S/c1-3-4-14(12,13)9-7(2)5-8(10)6-11-9/h5-6H,3-4,10H2,1-2H3. The smallest absolute Gasteiger partial charge is 0.195 e. The van der Waals surface area contributed by atoms with E-state index in [9.17, 15) is 8.42 Å². The molecule has 0 radical (unpaired) electrons. The summed E-state index contributed by atoms with van der Waals surface area (Å²) in [6, 6.07) is 1.62. The van der Waals surface area contributed by atoms with Crippen LogP contribution in [0.15, 0.2) is 17.3 Å². The molecule has 14 heavy (non-hydrogen) atoms. The molecule has 0 amide bonds. The molecule has 0 aromatic carbocycles. The number of aromatic nitrogens is 1. The fourth-order valence-corrected chi connectivity index (χ4v) is 2.77. The molecule has 0 unspecified atom stereocenters. The second kappa shape index (κ2) is 3.96. The van der Waals surface area contributed by atoms with E-state index in [0.29, 0.717) is 17.7 Å². The topological polar surface area (TPSA) is 73.0 Å². The van der Waals surface area contributed by atoms with Crippen LogP contribution in [0.2, 0.25) is 0 Å². The van der Waals surface area contributed by atoms with Crippen LogP contribution in [-0.2, 0) is 9.84 Å². The van der Waals surface area contributed by atoms with E-state index in [1.54, 1.807) is 13.0 Å². The summed E-state index contributed by atoms with van der Waals surface area (Å²) in [5.74, 6) is 0.130. The van der Waals surface area contributed by atoms with E-state index in [1.165, 1.54) is 6.20 Å². The number of hydrogen-bond acceptors (Lipinski definition) is 4. The quantitative estimate of drug-likeness (QED) is 0.819. The molecule has 5 heteroatoms. The largest absolute Gasteiger partial charge is 0.397 e. The first-order valence-corrected chi connectivity index (χ1v) is 6.07. The van der Waals surface area contributed by atoms with Gasteiger partial charge in [0.15, 0.2) is 14.9 Å². The Labute approximate surface area is 84.1 Å². The van der Waals surface area contributed by atoms with Crippen molar-refractivity contribution in [3.8, 4) is 0 Å². The molecule has 1 rings (SSSR count). The van der Waals surface area contributed by atoms with Crippen molar-refractivity contribution in [2.75, 3.05) is 11.5 Å². The zero-order valence-electron chi connectivity index (χ0n) is 8.32. The van der Waals surface area contributed by atoms with Gasteiger partial charge >= 0.3 is 0 Å². The molecular formula is C9H14N2O2S. The average Bonchev–Trinajstić information content (AvgIpc) is 2.02. The molecule has 0 atom stereocenters. The summed E-state index contributed by atoms with van der Waals surface area (Å²) in [5.41, 5.74) is 6.58. The maximum absolute atomic E-state index is 11.7. The van der Waals surface area contributed by atoms with Crippen LogP contribution in [0.1, 0.15) is 18.9 Å². The molecule has 0 aliphatic heterocycles. The lowest BCUT2D eigenvalue weighted by molar-refractivity contribution is 0.590. The van der Waals surface area contributed by atoms with Gasteiger partial charge in [0.05, 0.1) is 17.6 Å². The van der Waals surface area contributed by atoms with Crippen molar-refractivity contribution in [2.45, 2.75) is 25.3 Å². The van der Waals surface area contributed by atoms with E-state index >= 15 is 0 Å². The number of nitrogens with two attached hydrogens (primary N) is 1. The second-order valence-electron chi connectivity index (χ2n) is 3.21. The van der Waals surface area contributed by atoms with Crippen LogP contribution in [0.3, 0.4) is 0 Å². The molecular weight excluding hydrogens is 200 g/mol. The zero-order valence-corrected chi connectivity index (χ0v) is 9.13. The molecule has 0 fully saturated rings. The van der Waals surface area contributed by atoms with Crippen LogP contribution >= 0.6 is 0 Å². The Hall–Kier alpha value is -1.10. The summed E-state index contributed by atoms with van der Waals surface area (Å²) in [7, 11) is -3.22. The number of rotatable bonds is 3. The van der Waals surface area contributed by atoms with E-state index < -0.39 is 9.84 Å².